The first-order valence-corrected chi connectivity index (χ1v) is 10.2. The number of aliphatic hydroxyl groups excluding tert-OH is 1. The SMILES string of the molecule is Oc1ccc(I)c2c1C[C@H](N1CCC(c3ccccc3)CC1)[C@@H](O)C2. The molecule has 0 aromatic heterocycles. The quantitative estimate of drug-likeness (QED) is 0.688. The molecule has 2 aromatic rings. The predicted octanol–water partition coefficient (Wildman–Crippen LogP) is 3.70. The Morgan fingerprint density at radius 3 is 2.36 bits per heavy atom. The van der Waals surface area contributed by atoms with Gasteiger partial charge in [-0.05, 0) is 89.7 Å². The molecule has 25 heavy (non-hydrogen) atoms. The number of aliphatic hydroxyl groups is 1. The van der Waals surface area contributed by atoms with Crippen molar-refractivity contribution >= 4 is 22.6 Å². The highest BCUT2D eigenvalue weighted by molar-refractivity contribution is 14.1. The Labute approximate surface area is 162 Å². The molecule has 0 bridgehead atoms. The zero-order valence-electron chi connectivity index (χ0n) is 14.2. The minimum atomic E-state index is -0.351. The number of hydrogen-bond acceptors (Lipinski definition) is 3. The third kappa shape index (κ3) is 3.44. The maximum atomic E-state index is 10.7. The van der Waals surface area contributed by atoms with Gasteiger partial charge in [-0.25, -0.2) is 0 Å². The van der Waals surface area contributed by atoms with Crippen LogP contribution in [0.5, 0.6) is 5.75 Å². The molecule has 0 radical (unpaired) electrons. The van der Waals surface area contributed by atoms with E-state index in [9.17, 15) is 10.2 Å². The van der Waals surface area contributed by atoms with E-state index in [2.05, 4.69) is 57.8 Å². The Balaban J connectivity index is 1.47. The van der Waals surface area contributed by atoms with Crippen molar-refractivity contribution in [2.45, 2.75) is 43.7 Å². The summed E-state index contributed by atoms with van der Waals surface area (Å²) in [6.45, 7) is 2.03. The van der Waals surface area contributed by atoms with Crippen molar-refractivity contribution in [3.63, 3.8) is 0 Å². The van der Waals surface area contributed by atoms with Gasteiger partial charge in [0.05, 0.1) is 6.10 Å². The summed E-state index contributed by atoms with van der Waals surface area (Å²) in [6, 6.07) is 14.6. The van der Waals surface area contributed by atoms with Crippen LogP contribution in [0.1, 0.15) is 35.4 Å². The minimum Gasteiger partial charge on any atom is -0.508 e. The molecular weight excluding hydrogens is 425 g/mol. The van der Waals surface area contributed by atoms with Crippen LogP contribution in [-0.2, 0) is 12.8 Å². The Hall–Kier alpha value is -1.11. The molecule has 1 fully saturated rings. The molecule has 1 aliphatic carbocycles. The molecule has 3 nitrogen and oxygen atoms in total. The predicted molar refractivity (Wildman–Crippen MR) is 108 cm³/mol. The molecule has 0 spiro atoms. The van der Waals surface area contributed by atoms with Crippen LogP contribution in [-0.4, -0.2) is 40.3 Å². The van der Waals surface area contributed by atoms with Crippen LogP contribution in [0.2, 0.25) is 0 Å². The zero-order valence-corrected chi connectivity index (χ0v) is 16.4. The van der Waals surface area contributed by atoms with E-state index >= 15 is 0 Å². The maximum Gasteiger partial charge on any atom is 0.119 e. The molecule has 4 rings (SSSR count). The summed E-state index contributed by atoms with van der Waals surface area (Å²) in [5.74, 6) is 1.01. The number of rotatable bonds is 2. The van der Waals surface area contributed by atoms with Crippen molar-refractivity contribution in [3.05, 3.63) is 62.7 Å². The molecule has 2 aromatic carbocycles. The van der Waals surface area contributed by atoms with E-state index < -0.39 is 0 Å². The van der Waals surface area contributed by atoms with Gasteiger partial charge in [-0.3, -0.25) is 4.90 Å². The van der Waals surface area contributed by atoms with Gasteiger partial charge in [-0.15, -0.1) is 0 Å². The Morgan fingerprint density at radius 2 is 1.64 bits per heavy atom. The number of benzene rings is 2. The first-order chi connectivity index (χ1) is 12.1. The second kappa shape index (κ2) is 7.25. The number of nitrogens with zero attached hydrogens (tertiary/aromatic N) is 1. The highest BCUT2D eigenvalue weighted by Gasteiger charge is 2.35. The van der Waals surface area contributed by atoms with E-state index in [1.807, 2.05) is 6.07 Å². The Bertz CT molecular complexity index is 741. The summed E-state index contributed by atoms with van der Waals surface area (Å²) in [5.41, 5.74) is 3.60. The number of piperidine rings is 1. The molecule has 0 unspecified atom stereocenters. The number of aromatic hydroxyl groups is 1. The first-order valence-electron chi connectivity index (χ1n) is 9.09. The summed E-state index contributed by atoms with van der Waals surface area (Å²) in [6.07, 6.45) is 3.31. The number of hydrogen-bond donors (Lipinski definition) is 2. The lowest BCUT2D eigenvalue weighted by Crippen LogP contribution is -2.51. The second-order valence-corrected chi connectivity index (χ2v) is 8.45. The van der Waals surface area contributed by atoms with E-state index in [0.29, 0.717) is 18.1 Å². The third-order valence-corrected chi connectivity index (χ3v) is 6.90. The van der Waals surface area contributed by atoms with Crippen LogP contribution in [0.15, 0.2) is 42.5 Å². The van der Waals surface area contributed by atoms with Crippen molar-refractivity contribution < 1.29 is 10.2 Å². The van der Waals surface area contributed by atoms with E-state index in [-0.39, 0.29) is 12.1 Å². The first kappa shape index (κ1) is 17.3. The van der Waals surface area contributed by atoms with Crippen LogP contribution in [0, 0.1) is 3.57 Å². The van der Waals surface area contributed by atoms with Gasteiger partial charge in [0.25, 0.3) is 0 Å². The fraction of sp³-hybridized carbons (Fsp3) is 0.429. The largest absolute Gasteiger partial charge is 0.508 e. The highest BCUT2D eigenvalue weighted by Crippen LogP contribution is 2.36. The van der Waals surface area contributed by atoms with Crippen LogP contribution < -0.4 is 0 Å². The standard InChI is InChI=1S/C21H24INO2/c22-18-6-7-20(24)17-12-19(21(25)13-16(17)18)23-10-8-15(9-11-23)14-4-2-1-3-5-14/h1-7,15,19,21,24-25H,8-13H2/t19-,21-/m0/s1. The third-order valence-electron chi connectivity index (χ3n) is 5.89. The van der Waals surface area contributed by atoms with Crippen molar-refractivity contribution in [1.29, 1.82) is 0 Å². The van der Waals surface area contributed by atoms with E-state index in [1.54, 1.807) is 6.07 Å². The van der Waals surface area contributed by atoms with E-state index in [4.69, 9.17) is 0 Å². The molecule has 2 N–H and O–H groups in total. The van der Waals surface area contributed by atoms with Gasteiger partial charge in [0, 0.05) is 16.0 Å². The summed E-state index contributed by atoms with van der Waals surface area (Å²) in [5, 5.41) is 21.0. The average molecular weight is 449 g/mol. The number of halogens is 1. The summed E-state index contributed by atoms with van der Waals surface area (Å²) < 4.78 is 1.14. The lowest BCUT2D eigenvalue weighted by atomic mass is 9.82. The highest BCUT2D eigenvalue weighted by atomic mass is 127. The Kier molecular flexibility index (Phi) is 5.02. The second-order valence-electron chi connectivity index (χ2n) is 7.29. The molecular formula is C21H24INO2. The molecule has 2 aliphatic rings. The normalized spacial score (nSPS) is 24.9. The molecule has 2 atom stereocenters. The summed E-state index contributed by atoms with van der Waals surface area (Å²) >= 11 is 2.30. The van der Waals surface area contributed by atoms with Gasteiger partial charge in [0.15, 0.2) is 0 Å². The van der Waals surface area contributed by atoms with Gasteiger partial charge in [0.2, 0.25) is 0 Å². The maximum absolute atomic E-state index is 10.7. The molecule has 1 aliphatic heterocycles. The van der Waals surface area contributed by atoms with Crippen LogP contribution in [0.4, 0.5) is 0 Å². The zero-order chi connectivity index (χ0) is 17.4. The number of likely N-dealkylation sites (tertiary alicyclic amines) is 1. The van der Waals surface area contributed by atoms with Gasteiger partial charge >= 0.3 is 0 Å². The van der Waals surface area contributed by atoms with Crippen molar-refractivity contribution in [3.8, 4) is 5.75 Å². The van der Waals surface area contributed by atoms with Crippen LogP contribution in [0.3, 0.4) is 0 Å². The number of fused-ring (bicyclic) bond motifs is 1. The minimum absolute atomic E-state index is 0.119. The van der Waals surface area contributed by atoms with E-state index in [0.717, 1.165) is 47.0 Å². The van der Waals surface area contributed by atoms with Crippen molar-refractivity contribution in [2.75, 3.05) is 13.1 Å². The van der Waals surface area contributed by atoms with Crippen LogP contribution in [0.25, 0.3) is 0 Å². The Morgan fingerprint density at radius 1 is 0.920 bits per heavy atom. The molecule has 0 saturated carbocycles. The van der Waals surface area contributed by atoms with Gasteiger partial charge in [0.1, 0.15) is 5.75 Å². The molecule has 1 saturated heterocycles. The molecule has 132 valence electrons. The summed E-state index contributed by atoms with van der Waals surface area (Å²) in [7, 11) is 0. The lowest BCUT2D eigenvalue weighted by molar-refractivity contribution is 0.0289. The lowest BCUT2D eigenvalue weighted by Gasteiger charge is -2.42. The summed E-state index contributed by atoms with van der Waals surface area (Å²) in [4.78, 5) is 2.44. The molecule has 4 heteroatoms. The average Bonchev–Trinajstić information content (AvgIpc) is 2.65. The van der Waals surface area contributed by atoms with Crippen molar-refractivity contribution in [1.82, 2.24) is 4.90 Å². The van der Waals surface area contributed by atoms with Crippen LogP contribution >= 0.6 is 22.6 Å². The fourth-order valence-corrected chi connectivity index (χ4v) is 5.18. The van der Waals surface area contributed by atoms with Gasteiger partial charge in [-0.1, -0.05) is 30.3 Å². The number of phenolic OH excluding ortho intramolecular Hbond substituents is 1. The van der Waals surface area contributed by atoms with Gasteiger partial charge in [-0.2, -0.15) is 0 Å². The van der Waals surface area contributed by atoms with Crippen molar-refractivity contribution in [2.24, 2.45) is 0 Å². The molecule has 1 heterocycles. The smallest absolute Gasteiger partial charge is 0.119 e. The number of phenols is 1. The van der Waals surface area contributed by atoms with E-state index in [1.165, 1.54) is 5.56 Å². The monoisotopic (exact) mass is 449 g/mol. The fourth-order valence-electron chi connectivity index (χ4n) is 4.45. The molecule has 0 amide bonds. The topological polar surface area (TPSA) is 43.7 Å². The van der Waals surface area contributed by atoms with Gasteiger partial charge < -0.3 is 10.2 Å².